The molecule has 0 N–H and O–H groups in total. The highest BCUT2D eigenvalue weighted by atomic mass is 16.5. The minimum Gasteiger partial charge on any atom is -0.473 e. The third-order valence-electron chi connectivity index (χ3n) is 3.15. The molecule has 21 heavy (non-hydrogen) atoms. The Morgan fingerprint density at radius 1 is 0.667 bits per heavy atom. The lowest BCUT2D eigenvalue weighted by molar-refractivity contribution is 0.149. The van der Waals surface area contributed by atoms with E-state index in [4.69, 9.17) is 14.2 Å². The van der Waals surface area contributed by atoms with E-state index in [1.807, 2.05) is 26.4 Å². The fourth-order valence-corrected chi connectivity index (χ4v) is 2.05. The van der Waals surface area contributed by atoms with Crippen LogP contribution < -0.4 is 0 Å². The van der Waals surface area contributed by atoms with Crippen LogP contribution in [0.3, 0.4) is 0 Å². The van der Waals surface area contributed by atoms with Crippen LogP contribution in [-0.2, 0) is 14.2 Å². The maximum atomic E-state index is 5.69. The van der Waals surface area contributed by atoms with Crippen molar-refractivity contribution in [3.63, 3.8) is 0 Å². The normalized spacial score (nSPS) is 12.8. The predicted octanol–water partition coefficient (Wildman–Crippen LogP) is 5.22. The van der Waals surface area contributed by atoms with Crippen molar-refractivity contribution in [2.75, 3.05) is 26.4 Å². The average Bonchev–Trinajstić information content (AvgIpc) is 2.47. The van der Waals surface area contributed by atoms with E-state index in [9.17, 15) is 0 Å². The highest BCUT2D eigenvalue weighted by molar-refractivity contribution is 5.02. The van der Waals surface area contributed by atoms with Crippen LogP contribution in [0.25, 0.3) is 0 Å². The van der Waals surface area contributed by atoms with Gasteiger partial charge in [-0.25, -0.2) is 0 Å². The molecule has 0 aliphatic rings. The van der Waals surface area contributed by atoms with E-state index < -0.39 is 0 Å². The van der Waals surface area contributed by atoms with Gasteiger partial charge in [0.15, 0.2) is 0 Å². The van der Waals surface area contributed by atoms with E-state index in [0.717, 1.165) is 65.0 Å². The largest absolute Gasteiger partial charge is 0.473 e. The molecule has 0 rings (SSSR count). The van der Waals surface area contributed by atoms with Crippen molar-refractivity contribution in [3.8, 4) is 0 Å². The van der Waals surface area contributed by atoms with E-state index in [1.165, 1.54) is 11.1 Å². The molecule has 0 aliphatic heterocycles. The molecule has 0 atom stereocenters. The van der Waals surface area contributed by atoms with Crippen molar-refractivity contribution in [1.29, 1.82) is 0 Å². The molecular weight excluding hydrogens is 264 g/mol. The summed E-state index contributed by atoms with van der Waals surface area (Å²) in [7, 11) is 0. The molecule has 0 amide bonds. The molecule has 0 aromatic rings. The lowest BCUT2D eigenvalue weighted by atomic mass is 10.1. The first-order chi connectivity index (χ1) is 10.3. The van der Waals surface area contributed by atoms with Crippen LogP contribution in [0, 0.1) is 0 Å². The summed E-state index contributed by atoms with van der Waals surface area (Å²) in [6.07, 6.45) is 10.1. The van der Waals surface area contributed by atoms with Gasteiger partial charge in [-0.2, -0.15) is 0 Å². The summed E-state index contributed by atoms with van der Waals surface area (Å²) in [5, 5.41) is 0. The van der Waals surface area contributed by atoms with E-state index >= 15 is 0 Å². The van der Waals surface area contributed by atoms with Crippen LogP contribution in [0.4, 0.5) is 0 Å². The Morgan fingerprint density at radius 2 is 1.10 bits per heavy atom. The molecule has 0 unspecified atom stereocenters. The summed E-state index contributed by atoms with van der Waals surface area (Å²) in [4.78, 5) is 0. The zero-order chi connectivity index (χ0) is 15.8. The van der Waals surface area contributed by atoms with E-state index in [0.29, 0.717) is 0 Å². The monoisotopic (exact) mass is 298 g/mol. The average molecular weight is 298 g/mol. The summed E-state index contributed by atoms with van der Waals surface area (Å²) in [5.74, 6) is 0. The first-order valence-corrected chi connectivity index (χ1v) is 8.45. The molecule has 0 fully saturated rings. The second-order valence-corrected chi connectivity index (χ2v) is 5.08. The molecule has 124 valence electrons. The van der Waals surface area contributed by atoms with Gasteiger partial charge < -0.3 is 14.2 Å². The van der Waals surface area contributed by atoms with Gasteiger partial charge in [0.2, 0.25) is 0 Å². The SMILES string of the molecule is CCCC(=COC=C(CCC)CCOCC)CCOCC. The third kappa shape index (κ3) is 12.6. The van der Waals surface area contributed by atoms with Crippen molar-refractivity contribution in [3.05, 3.63) is 23.7 Å². The molecule has 0 saturated carbocycles. The molecule has 3 nitrogen and oxygen atoms in total. The molecule has 0 heterocycles. The second kappa shape index (κ2) is 15.6. The van der Waals surface area contributed by atoms with Gasteiger partial charge in [0.25, 0.3) is 0 Å². The van der Waals surface area contributed by atoms with Gasteiger partial charge in [-0.3, -0.25) is 0 Å². The zero-order valence-electron chi connectivity index (χ0n) is 14.5. The molecule has 0 aromatic heterocycles. The van der Waals surface area contributed by atoms with Gasteiger partial charge in [-0.05, 0) is 50.7 Å². The molecule has 0 aliphatic carbocycles. The number of hydrogen-bond donors (Lipinski definition) is 0. The van der Waals surface area contributed by atoms with Crippen LogP contribution >= 0.6 is 0 Å². The lowest BCUT2D eigenvalue weighted by Gasteiger charge is -2.08. The van der Waals surface area contributed by atoms with Gasteiger partial charge in [-0.1, -0.05) is 26.7 Å². The molecular formula is C18H34O3. The van der Waals surface area contributed by atoms with Crippen molar-refractivity contribution in [2.24, 2.45) is 0 Å². The quantitative estimate of drug-likeness (QED) is 0.325. The summed E-state index contributed by atoms with van der Waals surface area (Å²) in [6, 6.07) is 0. The first kappa shape index (κ1) is 20.2. The van der Waals surface area contributed by atoms with Gasteiger partial charge in [0.05, 0.1) is 25.7 Å². The van der Waals surface area contributed by atoms with Crippen molar-refractivity contribution >= 4 is 0 Å². The topological polar surface area (TPSA) is 27.7 Å². The Hall–Kier alpha value is -0.800. The van der Waals surface area contributed by atoms with Gasteiger partial charge in [0, 0.05) is 13.2 Å². The van der Waals surface area contributed by atoms with Gasteiger partial charge >= 0.3 is 0 Å². The minimum absolute atomic E-state index is 0.776. The van der Waals surface area contributed by atoms with Gasteiger partial charge in [-0.15, -0.1) is 0 Å². The van der Waals surface area contributed by atoms with Crippen molar-refractivity contribution < 1.29 is 14.2 Å². The maximum Gasteiger partial charge on any atom is 0.0894 e. The highest BCUT2D eigenvalue weighted by Gasteiger charge is 1.99. The van der Waals surface area contributed by atoms with Crippen LogP contribution in [0.15, 0.2) is 23.7 Å². The Labute approximate surface area is 131 Å². The van der Waals surface area contributed by atoms with E-state index in [2.05, 4.69) is 13.8 Å². The third-order valence-corrected chi connectivity index (χ3v) is 3.15. The summed E-state index contributed by atoms with van der Waals surface area (Å²) in [5.41, 5.74) is 2.64. The zero-order valence-corrected chi connectivity index (χ0v) is 14.5. The fraction of sp³-hybridized carbons (Fsp3) is 0.778. The standard InChI is InChI=1S/C18H34O3/c1-5-9-17(11-13-19-7-3)15-21-16-18(10-6-2)12-14-20-8-4/h15-16H,5-14H2,1-4H3. The Kier molecular flexibility index (Phi) is 15.0. The summed E-state index contributed by atoms with van der Waals surface area (Å²) >= 11 is 0. The molecule has 0 saturated heterocycles. The van der Waals surface area contributed by atoms with Crippen LogP contribution in [0.5, 0.6) is 0 Å². The Bertz CT molecular complexity index is 254. The van der Waals surface area contributed by atoms with Crippen LogP contribution in [0.2, 0.25) is 0 Å². The molecule has 0 bridgehead atoms. The van der Waals surface area contributed by atoms with Gasteiger partial charge in [0.1, 0.15) is 0 Å². The lowest BCUT2D eigenvalue weighted by Crippen LogP contribution is -1.97. The van der Waals surface area contributed by atoms with Crippen molar-refractivity contribution in [2.45, 2.75) is 66.2 Å². The van der Waals surface area contributed by atoms with E-state index in [-0.39, 0.29) is 0 Å². The predicted molar refractivity (Wildman–Crippen MR) is 89.3 cm³/mol. The Morgan fingerprint density at radius 3 is 1.43 bits per heavy atom. The smallest absolute Gasteiger partial charge is 0.0894 e. The van der Waals surface area contributed by atoms with Crippen LogP contribution in [0.1, 0.15) is 66.2 Å². The van der Waals surface area contributed by atoms with Crippen molar-refractivity contribution in [1.82, 2.24) is 0 Å². The number of ether oxygens (including phenoxy) is 3. The Balaban J connectivity index is 4.32. The first-order valence-electron chi connectivity index (χ1n) is 8.45. The molecule has 0 spiro atoms. The summed E-state index contributed by atoms with van der Waals surface area (Å²) in [6.45, 7) is 11.5. The van der Waals surface area contributed by atoms with E-state index in [1.54, 1.807) is 0 Å². The fourth-order valence-electron chi connectivity index (χ4n) is 2.05. The maximum absolute atomic E-state index is 5.69. The number of hydrogen-bond acceptors (Lipinski definition) is 3. The molecule has 0 aromatic carbocycles. The second-order valence-electron chi connectivity index (χ2n) is 5.08. The molecule has 3 heteroatoms. The highest BCUT2D eigenvalue weighted by Crippen LogP contribution is 2.13. The molecule has 0 radical (unpaired) electrons. The number of rotatable bonds is 14. The minimum atomic E-state index is 0.776. The van der Waals surface area contributed by atoms with Crippen LogP contribution in [-0.4, -0.2) is 26.4 Å². The summed E-state index contributed by atoms with van der Waals surface area (Å²) < 4.78 is 16.5.